The van der Waals surface area contributed by atoms with E-state index in [-0.39, 0.29) is 23.4 Å². The van der Waals surface area contributed by atoms with Crippen LogP contribution in [0.1, 0.15) is 29.7 Å². The highest BCUT2D eigenvalue weighted by Gasteiger charge is 2.26. The average Bonchev–Trinajstić information content (AvgIpc) is 2.63. The summed E-state index contributed by atoms with van der Waals surface area (Å²) in [5.41, 5.74) is 2.86. The first-order chi connectivity index (χ1) is 12.1. The summed E-state index contributed by atoms with van der Waals surface area (Å²) in [6, 6.07) is 8.48. The summed E-state index contributed by atoms with van der Waals surface area (Å²) in [7, 11) is -0.627. The second-order valence-corrected chi connectivity index (χ2v) is 8.51. The van der Waals surface area contributed by atoms with Crippen molar-refractivity contribution in [3.63, 3.8) is 0 Å². The highest BCUT2D eigenvalue weighted by Crippen LogP contribution is 2.20. The zero-order chi connectivity index (χ0) is 19.5. The minimum atomic E-state index is -3.72. The lowest BCUT2D eigenvalue weighted by atomic mass is 10.1. The number of benzene rings is 1. The van der Waals surface area contributed by atoms with Crippen LogP contribution < -0.4 is 0 Å². The maximum atomic E-state index is 12.7. The summed E-state index contributed by atoms with van der Waals surface area (Å²) >= 11 is 0. The fourth-order valence-corrected chi connectivity index (χ4v) is 3.73. The van der Waals surface area contributed by atoms with Crippen LogP contribution in [0.5, 0.6) is 0 Å². The van der Waals surface area contributed by atoms with E-state index in [1.165, 1.54) is 7.05 Å². The molecule has 1 heterocycles. The van der Waals surface area contributed by atoms with Crippen molar-refractivity contribution in [2.24, 2.45) is 0 Å². The number of hydrogen-bond donors (Lipinski definition) is 0. The lowest BCUT2D eigenvalue weighted by Gasteiger charge is -2.27. The summed E-state index contributed by atoms with van der Waals surface area (Å²) in [4.78, 5) is 18.3. The summed E-state index contributed by atoms with van der Waals surface area (Å²) in [5.74, 6) is -0.274. The molecule has 2 rings (SSSR count). The zero-order valence-corrected chi connectivity index (χ0v) is 16.6. The van der Waals surface area contributed by atoms with Gasteiger partial charge in [-0.25, -0.2) is 8.42 Å². The van der Waals surface area contributed by atoms with Gasteiger partial charge in [0.1, 0.15) is 0 Å². The number of likely N-dealkylation sites (N-methyl/N-ethyl adjacent to an activating group) is 2. The number of amides is 1. The molecule has 1 amide bonds. The normalized spacial score (nSPS) is 12.8. The van der Waals surface area contributed by atoms with Crippen LogP contribution in [-0.2, 0) is 14.8 Å². The van der Waals surface area contributed by atoms with E-state index in [2.05, 4.69) is 4.98 Å². The molecule has 2 aromatic rings. The van der Waals surface area contributed by atoms with Crippen molar-refractivity contribution in [2.45, 2.75) is 31.7 Å². The molecule has 0 radical (unpaired) electrons. The maximum absolute atomic E-state index is 12.7. The Morgan fingerprint density at radius 2 is 1.69 bits per heavy atom. The van der Waals surface area contributed by atoms with Gasteiger partial charge in [0.25, 0.3) is 0 Å². The molecule has 0 spiro atoms. The number of aryl methyl sites for hydroxylation is 2. The molecule has 0 unspecified atom stereocenters. The summed E-state index contributed by atoms with van der Waals surface area (Å²) in [6.07, 6.45) is 3.33. The van der Waals surface area contributed by atoms with Crippen molar-refractivity contribution in [1.29, 1.82) is 0 Å². The van der Waals surface area contributed by atoms with Gasteiger partial charge in [-0.15, -0.1) is 0 Å². The SMILES string of the molecule is Cc1ccc(S(=O)(=O)N(C)CC(=O)N(C)[C@H](C)c2ccncc2)cc1C. The van der Waals surface area contributed by atoms with Crippen LogP contribution in [0, 0.1) is 13.8 Å². The molecule has 0 aliphatic carbocycles. The lowest BCUT2D eigenvalue weighted by molar-refractivity contribution is -0.131. The van der Waals surface area contributed by atoms with E-state index in [1.807, 2.05) is 32.9 Å². The van der Waals surface area contributed by atoms with Gasteiger partial charge in [-0.05, 0) is 61.7 Å². The van der Waals surface area contributed by atoms with Crippen molar-refractivity contribution in [3.05, 3.63) is 59.4 Å². The van der Waals surface area contributed by atoms with Gasteiger partial charge in [0, 0.05) is 26.5 Å². The van der Waals surface area contributed by atoms with Gasteiger partial charge in [0.2, 0.25) is 15.9 Å². The first-order valence-corrected chi connectivity index (χ1v) is 9.77. The van der Waals surface area contributed by atoms with Gasteiger partial charge in [-0.2, -0.15) is 4.31 Å². The molecule has 26 heavy (non-hydrogen) atoms. The second-order valence-electron chi connectivity index (χ2n) is 6.47. The number of sulfonamides is 1. The molecule has 0 saturated heterocycles. The molecule has 6 nitrogen and oxygen atoms in total. The van der Waals surface area contributed by atoms with Crippen molar-refractivity contribution >= 4 is 15.9 Å². The number of carbonyl (C=O) groups excluding carboxylic acids is 1. The third-order valence-corrected chi connectivity index (χ3v) is 6.51. The molecule has 0 N–H and O–H groups in total. The van der Waals surface area contributed by atoms with Gasteiger partial charge >= 0.3 is 0 Å². The Labute approximate surface area is 155 Å². The Hall–Kier alpha value is -2.25. The summed E-state index contributed by atoms with van der Waals surface area (Å²) < 4.78 is 26.6. The highest BCUT2D eigenvalue weighted by molar-refractivity contribution is 7.89. The largest absolute Gasteiger partial charge is 0.338 e. The minimum absolute atomic E-state index is 0.178. The van der Waals surface area contributed by atoms with Crippen LogP contribution in [-0.4, -0.2) is 49.2 Å². The molecule has 140 valence electrons. The van der Waals surface area contributed by atoms with Gasteiger partial charge < -0.3 is 4.90 Å². The second kappa shape index (κ2) is 7.97. The predicted molar refractivity (Wildman–Crippen MR) is 101 cm³/mol. The first kappa shape index (κ1) is 20.1. The average molecular weight is 375 g/mol. The number of rotatable bonds is 6. The standard InChI is InChI=1S/C19H25N3O3S/c1-14-6-7-18(12-15(14)2)26(24,25)21(4)13-19(23)22(5)16(3)17-8-10-20-11-9-17/h6-12,16H,13H2,1-5H3/t16-/m1/s1. The van der Waals surface area contributed by atoms with Gasteiger partial charge in [-0.3, -0.25) is 9.78 Å². The van der Waals surface area contributed by atoms with Gasteiger partial charge in [0.15, 0.2) is 0 Å². The van der Waals surface area contributed by atoms with Crippen molar-refractivity contribution in [1.82, 2.24) is 14.2 Å². The molecule has 0 bridgehead atoms. The van der Waals surface area contributed by atoms with E-state index >= 15 is 0 Å². The Morgan fingerprint density at radius 3 is 2.27 bits per heavy atom. The van der Waals surface area contributed by atoms with E-state index in [1.54, 1.807) is 42.5 Å². The van der Waals surface area contributed by atoms with Gasteiger partial charge in [0.05, 0.1) is 17.5 Å². The Balaban J connectivity index is 2.13. The smallest absolute Gasteiger partial charge is 0.243 e. The quantitative estimate of drug-likeness (QED) is 0.778. The fourth-order valence-electron chi connectivity index (χ4n) is 2.52. The van der Waals surface area contributed by atoms with E-state index in [0.29, 0.717) is 0 Å². The zero-order valence-electron chi connectivity index (χ0n) is 15.8. The third-order valence-electron chi connectivity index (χ3n) is 4.71. The number of carbonyl (C=O) groups is 1. The van der Waals surface area contributed by atoms with Crippen LogP contribution in [0.4, 0.5) is 0 Å². The molecular weight excluding hydrogens is 350 g/mol. The van der Waals surface area contributed by atoms with E-state index < -0.39 is 10.0 Å². The fraction of sp³-hybridized carbons (Fsp3) is 0.368. The van der Waals surface area contributed by atoms with Crippen molar-refractivity contribution in [3.8, 4) is 0 Å². The molecule has 0 aliphatic heterocycles. The number of pyridine rings is 1. The molecule has 1 aromatic carbocycles. The molecule has 0 aliphatic rings. The van der Waals surface area contributed by atoms with Crippen LogP contribution in [0.3, 0.4) is 0 Å². The van der Waals surface area contributed by atoms with Crippen LogP contribution in [0.15, 0.2) is 47.6 Å². The van der Waals surface area contributed by atoms with Crippen molar-refractivity contribution in [2.75, 3.05) is 20.6 Å². The lowest BCUT2D eigenvalue weighted by Crippen LogP contribution is -2.40. The highest BCUT2D eigenvalue weighted by atomic mass is 32.2. The van der Waals surface area contributed by atoms with Gasteiger partial charge in [-0.1, -0.05) is 6.07 Å². The van der Waals surface area contributed by atoms with E-state index in [4.69, 9.17) is 0 Å². The molecule has 0 fully saturated rings. The van der Waals surface area contributed by atoms with Crippen LogP contribution in [0.2, 0.25) is 0 Å². The van der Waals surface area contributed by atoms with Crippen molar-refractivity contribution < 1.29 is 13.2 Å². The number of aromatic nitrogens is 1. The van der Waals surface area contributed by atoms with Crippen LogP contribution >= 0.6 is 0 Å². The summed E-state index contributed by atoms with van der Waals surface area (Å²) in [5, 5.41) is 0. The molecule has 7 heteroatoms. The number of nitrogens with zero attached hydrogens (tertiary/aromatic N) is 3. The predicted octanol–water partition coefficient (Wildman–Crippen LogP) is 2.54. The minimum Gasteiger partial charge on any atom is -0.338 e. The third kappa shape index (κ3) is 4.28. The van der Waals surface area contributed by atoms with E-state index in [0.717, 1.165) is 21.0 Å². The topological polar surface area (TPSA) is 70.6 Å². The molecular formula is C19H25N3O3S. The first-order valence-electron chi connectivity index (χ1n) is 8.33. The molecule has 1 aromatic heterocycles. The Morgan fingerprint density at radius 1 is 1.08 bits per heavy atom. The Bertz CT molecular complexity index is 882. The van der Waals surface area contributed by atoms with E-state index in [9.17, 15) is 13.2 Å². The Kier molecular flexibility index (Phi) is 6.15. The summed E-state index contributed by atoms with van der Waals surface area (Å²) in [6.45, 7) is 5.46. The maximum Gasteiger partial charge on any atom is 0.243 e. The number of hydrogen-bond acceptors (Lipinski definition) is 4. The van der Waals surface area contributed by atoms with Crippen LogP contribution in [0.25, 0.3) is 0 Å². The molecule has 0 saturated carbocycles. The molecule has 1 atom stereocenters. The monoisotopic (exact) mass is 375 g/mol.